The summed E-state index contributed by atoms with van der Waals surface area (Å²) in [6.45, 7) is 0. The molecule has 0 unspecified atom stereocenters. The molecule has 28 heavy (non-hydrogen) atoms. The Morgan fingerprint density at radius 3 is 2.32 bits per heavy atom. The van der Waals surface area contributed by atoms with Crippen LogP contribution in [0.3, 0.4) is 0 Å². The number of nitro benzene ring substituents is 1. The van der Waals surface area contributed by atoms with Crippen LogP contribution >= 0.6 is 0 Å². The van der Waals surface area contributed by atoms with Gasteiger partial charge < -0.3 is 0 Å². The normalized spacial score (nSPS) is 11.1. The van der Waals surface area contributed by atoms with Crippen molar-refractivity contribution in [3.05, 3.63) is 111 Å². The highest BCUT2D eigenvalue weighted by Crippen LogP contribution is 2.21. The van der Waals surface area contributed by atoms with E-state index in [1.165, 1.54) is 10.6 Å². The fourth-order valence-electron chi connectivity index (χ4n) is 3.05. The van der Waals surface area contributed by atoms with Crippen LogP contribution in [0.4, 0.5) is 5.69 Å². The highest BCUT2D eigenvalue weighted by molar-refractivity contribution is 5.80. The van der Waals surface area contributed by atoms with Crippen LogP contribution in [0.5, 0.6) is 0 Å². The van der Waals surface area contributed by atoms with Crippen LogP contribution in [0.2, 0.25) is 0 Å². The molecule has 0 aliphatic heterocycles. The minimum Gasteiger partial charge on any atom is -0.268 e. The van der Waals surface area contributed by atoms with Crippen molar-refractivity contribution in [1.82, 2.24) is 9.55 Å². The SMILES string of the molecule is O=c1c2ccccc2nc(C=Cc2ccccc2[N+](=O)[O-])n1-c1ccccc1. The molecule has 0 fully saturated rings. The van der Waals surface area contributed by atoms with Crippen molar-refractivity contribution in [2.45, 2.75) is 0 Å². The van der Waals surface area contributed by atoms with Gasteiger partial charge in [0, 0.05) is 6.07 Å². The number of rotatable bonds is 4. The number of para-hydroxylation sites is 3. The zero-order valence-corrected chi connectivity index (χ0v) is 14.7. The third kappa shape index (κ3) is 3.19. The third-order valence-corrected chi connectivity index (χ3v) is 4.36. The second-order valence-corrected chi connectivity index (χ2v) is 6.11. The quantitative estimate of drug-likeness (QED) is 0.393. The van der Waals surface area contributed by atoms with Crippen LogP contribution in [0.1, 0.15) is 11.4 Å². The van der Waals surface area contributed by atoms with Crippen molar-refractivity contribution in [3.8, 4) is 5.69 Å². The average Bonchev–Trinajstić information content (AvgIpc) is 2.73. The Bertz CT molecular complexity index is 1260. The van der Waals surface area contributed by atoms with Gasteiger partial charge in [0.25, 0.3) is 11.2 Å². The molecule has 4 aromatic rings. The number of benzene rings is 3. The van der Waals surface area contributed by atoms with Gasteiger partial charge in [0.15, 0.2) is 0 Å². The lowest BCUT2D eigenvalue weighted by atomic mass is 10.1. The van der Waals surface area contributed by atoms with Crippen LogP contribution in [0.25, 0.3) is 28.7 Å². The summed E-state index contributed by atoms with van der Waals surface area (Å²) in [5, 5.41) is 11.8. The second-order valence-electron chi connectivity index (χ2n) is 6.11. The first-order valence-electron chi connectivity index (χ1n) is 8.64. The van der Waals surface area contributed by atoms with E-state index in [9.17, 15) is 14.9 Å². The molecular weight excluding hydrogens is 354 g/mol. The summed E-state index contributed by atoms with van der Waals surface area (Å²) in [5.41, 5.74) is 1.48. The van der Waals surface area contributed by atoms with Crippen LogP contribution in [0.15, 0.2) is 83.7 Å². The van der Waals surface area contributed by atoms with Crippen LogP contribution in [-0.4, -0.2) is 14.5 Å². The minimum absolute atomic E-state index is 0.00635. The molecule has 0 amide bonds. The largest absolute Gasteiger partial charge is 0.276 e. The number of fused-ring (bicyclic) bond motifs is 1. The first-order chi connectivity index (χ1) is 13.6. The zero-order chi connectivity index (χ0) is 19.5. The number of hydrogen-bond donors (Lipinski definition) is 0. The Morgan fingerprint density at radius 1 is 0.857 bits per heavy atom. The Balaban J connectivity index is 1.94. The summed E-state index contributed by atoms with van der Waals surface area (Å²) < 4.78 is 1.51. The molecule has 3 aromatic carbocycles. The lowest BCUT2D eigenvalue weighted by molar-refractivity contribution is -0.385. The van der Waals surface area contributed by atoms with Crippen molar-refractivity contribution in [2.75, 3.05) is 0 Å². The fraction of sp³-hybridized carbons (Fsp3) is 0. The predicted molar refractivity (Wildman–Crippen MR) is 109 cm³/mol. The molecule has 1 heterocycles. The Morgan fingerprint density at radius 2 is 1.54 bits per heavy atom. The van der Waals surface area contributed by atoms with Gasteiger partial charge in [0.1, 0.15) is 5.82 Å². The maximum atomic E-state index is 13.1. The number of aromatic nitrogens is 2. The molecule has 0 radical (unpaired) electrons. The lowest BCUT2D eigenvalue weighted by Crippen LogP contribution is -2.22. The monoisotopic (exact) mass is 369 g/mol. The summed E-state index contributed by atoms with van der Waals surface area (Å²) in [6.07, 6.45) is 3.23. The summed E-state index contributed by atoms with van der Waals surface area (Å²) in [5.74, 6) is 0.396. The van der Waals surface area contributed by atoms with Crippen LogP contribution < -0.4 is 5.56 Å². The van der Waals surface area contributed by atoms with Crippen LogP contribution in [0, 0.1) is 10.1 Å². The van der Waals surface area contributed by atoms with Crippen molar-refractivity contribution in [3.63, 3.8) is 0 Å². The highest BCUT2D eigenvalue weighted by Gasteiger charge is 2.12. The van der Waals surface area contributed by atoms with E-state index >= 15 is 0 Å². The maximum Gasteiger partial charge on any atom is 0.276 e. The molecule has 0 aliphatic rings. The molecule has 0 atom stereocenters. The van der Waals surface area contributed by atoms with E-state index < -0.39 is 4.92 Å². The summed E-state index contributed by atoms with van der Waals surface area (Å²) in [6, 6.07) is 22.7. The van der Waals surface area contributed by atoms with Gasteiger partial charge in [-0.3, -0.25) is 19.5 Å². The van der Waals surface area contributed by atoms with E-state index in [1.807, 2.05) is 36.4 Å². The minimum atomic E-state index is -0.433. The van der Waals surface area contributed by atoms with Crippen molar-refractivity contribution in [2.24, 2.45) is 0 Å². The summed E-state index contributed by atoms with van der Waals surface area (Å²) in [4.78, 5) is 28.5. The topological polar surface area (TPSA) is 78.0 Å². The van der Waals surface area contributed by atoms with Crippen molar-refractivity contribution >= 4 is 28.7 Å². The van der Waals surface area contributed by atoms with Gasteiger partial charge >= 0.3 is 0 Å². The van der Waals surface area contributed by atoms with Gasteiger partial charge in [-0.2, -0.15) is 0 Å². The van der Waals surface area contributed by atoms with E-state index in [0.717, 1.165) is 0 Å². The summed E-state index contributed by atoms with van der Waals surface area (Å²) >= 11 is 0. The molecule has 4 rings (SSSR count). The van der Waals surface area contributed by atoms with Crippen LogP contribution in [-0.2, 0) is 0 Å². The Hall–Kier alpha value is -4.06. The zero-order valence-electron chi connectivity index (χ0n) is 14.7. The van der Waals surface area contributed by atoms with Gasteiger partial charge in [0.05, 0.1) is 27.1 Å². The van der Waals surface area contributed by atoms with E-state index in [1.54, 1.807) is 48.6 Å². The highest BCUT2D eigenvalue weighted by atomic mass is 16.6. The third-order valence-electron chi connectivity index (χ3n) is 4.36. The molecule has 0 N–H and O–H groups in total. The first-order valence-corrected chi connectivity index (χ1v) is 8.64. The molecule has 0 spiro atoms. The molecular formula is C22H15N3O3. The predicted octanol–water partition coefficient (Wildman–Crippen LogP) is 4.46. The maximum absolute atomic E-state index is 13.1. The van der Waals surface area contributed by atoms with Crippen molar-refractivity contribution in [1.29, 1.82) is 0 Å². The van der Waals surface area contributed by atoms with E-state index in [0.29, 0.717) is 28.0 Å². The molecule has 0 bridgehead atoms. The molecule has 6 nitrogen and oxygen atoms in total. The number of nitrogens with zero attached hydrogens (tertiary/aromatic N) is 3. The molecule has 0 saturated heterocycles. The number of hydrogen-bond acceptors (Lipinski definition) is 4. The standard InChI is InChI=1S/C22H15N3O3/c26-22-18-11-5-6-12-19(18)23-21(24(22)17-9-2-1-3-10-17)15-14-16-8-4-7-13-20(16)25(27)28/h1-15H. The van der Waals surface area contributed by atoms with E-state index in [-0.39, 0.29) is 11.2 Å². The van der Waals surface area contributed by atoms with Gasteiger partial charge in [0.2, 0.25) is 0 Å². The van der Waals surface area contributed by atoms with Gasteiger partial charge in [-0.1, -0.05) is 42.5 Å². The van der Waals surface area contributed by atoms with Gasteiger partial charge in [-0.25, -0.2) is 4.98 Å². The Labute approximate surface area is 160 Å². The van der Waals surface area contributed by atoms with E-state index in [4.69, 9.17) is 0 Å². The second kappa shape index (κ2) is 7.28. The molecule has 136 valence electrons. The van der Waals surface area contributed by atoms with Gasteiger partial charge in [-0.05, 0) is 42.5 Å². The van der Waals surface area contributed by atoms with E-state index in [2.05, 4.69) is 4.98 Å². The van der Waals surface area contributed by atoms with Gasteiger partial charge in [-0.15, -0.1) is 0 Å². The molecule has 6 heteroatoms. The fourth-order valence-corrected chi connectivity index (χ4v) is 3.05. The summed E-state index contributed by atoms with van der Waals surface area (Å²) in [7, 11) is 0. The molecule has 0 aliphatic carbocycles. The smallest absolute Gasteiger partial charge is 0.268 e. The lowest BCUT2D eigenvalue weighted by Gasteiger charge is -2.11. The van der Waals surface area contributed by atoms with Crippen molar-refractivity contribution < 1.29 is 4.92 Å². The molecule has 1 aromatic heterocycles. The Kier molecular flexibility index (Phi) is 4.51. The molecule has 0 saturated carbocycles. The number of nitro groups is 1. The average molecular weight is 369 g/mol. The first kappa shape index (κ1) is 17.4.